The normalized spacial score (nSPS) is 10.8. The van der Waals surface area contributed by atoms with E-state index in [2.05, 4.69) is 0 Å². The van der Waals surface area contributed by atoms with Crippen LogP contribution < -0.4 is 0 Å². The van der Waals surface area contributed by atoms with Gasteiger partial charge in [0.25, 0.3) is 0 Å². The molecule has 1 aromatic rings. The van der Waals surface area contributed by atoms with E-state index in [1.807, 2.05) is 24.1 Å². The summed E-state index contributed by atoms with van der Waals surface area (Å²) in [5, 5.41) is 1.17. The maximum atomic E-state index is 5.86. The minimum Gasteiger partial charge on any atom is -0.289 e. The minimum absolute atomic E-state index is 0.500. The van der Waals surface area contributed by atoms with Gasteiger partial charge in [0, 0.05) is 6.54 Å². The molecular formula is C9H10Cl3N. The summed E-state index contributed by atoms with van der Waals surface area (Å²) in [7, 11) is 1.94. The van der Waals surface area contributed by atoms with Gasteiger partial charge >= 0.3 is 0 Å². The van der Waals surface area contributed by atoms with Crippen LogP contribution in [0.1, 0.15) is 5.56 Å². The molecule has 0 bridgehead atoms. The minimum atomic E-state index is 0.500. The summed E-state index contributed by atoms with van der Waals surface area (Å²) in [6.45, 7) is 0.778. The Bertz CT molecular complexity index is 288. The highest BCUT2D eigenvalue weighted by molar-refractivity contribution is 6.42. The quantitative estimate of drug-likeness (QED) is 0.574. The third-order valence-corrected chi connectivity index (χ3v) is 2.79. The van der Waals surface area contributed by atoms with Crippen molar-refractivity contribution in [1.29, 1.82) is 0 Å². The Kier molecular flexibility index (Phi) is 4.33. The predicted molar refractivity (Wildman–Crippen MR) is 58.6 cm³/mol. The molecule has 0 amide bonds. The van der Waals surface area contributed by atoms with Crippen molar-refractivity contribution in [3.8, 4) is 0 Å². The molecule has 72 valence electrons. The van der Waals surface area contributed by atoms with Crippen LogP contribution in [0.25, 0.3) is 0 Å². The second kappa shape index (κ2) is 5.06. The van der Waals surface area contributed by atoms with Crippen molar-refractivity contribution in [2.24, 2.45) is 0 Å². The first kappa shape index (κ1) is 11.1. The third-order valence-electron chi connectivity index (χ3n) is 1.64. The lowest BCUT2D eigenvalue weighted by Gasteiger charge is -2.12. The highest BCUT2D eigenvalue weighted by Crippen LogP contribution is 2.22. The van der Waals surface area contributed by atoms with Crippen LogP contribution in [0.15, 0.2) is 18.2 Å². The van der Waals surface area contributed by atoms with E-state index in [0.717, 1.165) is 12.1 Å². The molecule has 1 aromatic carbocycles. The van der Waals surface area contributed by atoms with Crippen LogP contribution in [0, 0.1) is 0 Å². The zero-order valence-corrected chi connectivity index (χ0v) is 9.50. The maximum Gasteiger partial charge on any atom is 0.0738 e. The maximum absolute atomic E-state index is 5.86. The van der Waals surface area contributed by atoms with Crippen molar-refractivity contribution in [3.05, 3.63) is 33.8 Å². The van der Waals surface area contributed by atoms with Gasteiger partial charge in [-0.2, -0.15) is 0 Å². The molecule has 0 aromatic heterocycles. The number of halogens is 3. The Labute approximate surface area is 93.2 Å². The van der Waals surface area contributed by atoms with Crippen LogP contribution in [-0.4, -0.2) is 18.0 Å². The van der Waals surface area contributed by atoms with Crippen molar-refractivity contribution >= 4 is 34.8 Å². The molecular weight excluding hydrogens is 228 g/mol. The molecule has 0 spiro atoms. The lowest BCUT2D eigenvalue weighted by atomic mass is 10.2. The van der Waals surface area contributed by atoms with Gasteiger partial charge in [0.05, 0.1) is 16.0 Å². The van der Waals surface area contributed by atoms with Gasteiger partial charge in [-0.05, 0) is 24.7 Å². The molecule has 13 heavy (non-hydrogen) atoms. The smallest absolute Gasteiger partial charge is 0.0738 e. The van der Waals surface area contributed by atoms with Gasteiger partial charge in [0.2, 0.25) is 0 Å². The molecule has 0 saturated heterocycles. The predicted octanol–water partition coefficient (Wildman–Crippen LogP) is 3.62. The summed E-state index contributed by atoms with van der Waals surface area (Å²) in [6.07, 6.45) is 0. The second-order valence-corrected chi connectivity index (χ2v) is 3.94. The highest BCUT2D eigenvalue weighted by atomic mass is 35.5. The van der Waals surface area contributed by atoms with Crippen molar-refractivity contribution in [1.82, 2.24) is 4.90 Å². The summed E-state index contributed by atoms with van der Waals surface area (Å²) in [5.41, 5.74) is 1.11. The number of benzene rings is 1. The Morgan fingerprint density at radius 2 is 1.92 bits per heavy atom. The van der Waals surface area contributed by atoms with Gasteiger partial charge < -0.3 is 0 Å². The van der Waals surface area contributed by atoms with Crippen LogP contribution >= 0.6 is 34.8 Å². The number of rotatable bonds is 3. The van der Waals surface area contributed by atoms with E-state index in [1.165, 1.54) is 0 Å². The molecule has 4 heteroatoms. The van der Waals surface area contributed by atoms with E-state index in [0.29, 0.717) is 16.0 Å². The first-order valence-electron chi connectivity index (χ1n) is 3.82. The van der Waals surface area contributed by atoms with Gasteiger partial charge in [-0.3, -0.25) is 4.90 Å². The van der Waals surface area contributed by atoms with Gasteiger partial charge in [-0.15, -0.1) is 11.6 Å². The van der Waals surface area contributed by atoms with Gasteiger partial charge in [-0.1, -0.05) is 29.3 Å². The first-order valence-corrected chi connectivity index (χ1v) is 5.11. The first-order chi connectivity index (χ1) is 6.13. The fourth-order valence-electron chi connectivity index (χ4n) is 0.992. The van der Waals surface area contributed by atoms with Crippen LogP contribution in [0.4, 0.5) is 0 Å². The fraction of sp³-hybridized carbons (Fsp3) is 0.333. The molecule has 0 N–H and O–H groups in total. The Morgan fingerprint density at radius 3 is 2.46 bits per heavy atom. The molecule has 0 heterocycles. The standard InChI is InChI=1S/C9H10Cl3N/c1-13(6-10)5-7-2-3-8(11)9(12)4-7/h2-4H,5-6H2,1H3. The second-order valence-electron chi connectivity index (χ2n) is 2.88. The van der Waals surface area contributed by atoms with Gasteiger partial charge in [0.1, 0.15) is 0 Å². The summed E-state index contributed by atoms with van der Waals surface area (Å²) in [5.74, 6) is 0. The Morgan fingerprint density at radius 1 is 1.23 bits per heavy atom. The number of hydrogen-bond acceptors (Lipinski definition) is 1. The van der Waals surface area contributed by atoms with Crippen molar-refractivity contribution in [2.45, 2.75) is 6.54 Å². The zero-order chi connectivity index (χ0) is 9.84. The van der Waals surface area contributed by atoms with E-state index in [4.69, 9.17) is 34.8 Å². The summed E-state index contributed by atoms with van der Waals surface area (Å²) < 4.78 is 0. The van der Waals surface area contributed by atoms with Crippen molar-refractivity contribution in [3.63, 3.8) is 0 Å². The Hall–Kier alpha value is 0.0500. The monoisotopic (exact) mass is 237 g/mol. The third kappa shape index (κ3) is 3.35. The van der Waals surface area contributed by atoms with E-state index in [9.17, 15) is 0 Å². The average Bonchev–Trinajstić information content (AvgIpc) is 2.11. The number of hydrogen-bond donors (Lipinski definition) is 0. The van der Waals surface area contributed by atoms with Crippen LogP contribution in [-0.2, 0) is 6.54 Å². The summed E-state index contributed by atoms with van der Waals surface area (Å²) in [6, 6.07) is 6.09. The molecule has 1 rings (SSSR count). The molecule has 0 radical (unpaired) electrons. The van der Waals surface area contributed by atoms with E-state index >= 15 is 0 Å². The largest absolute Gasteiger partial charge is 0.289 e. The topological polar surface area (TPSA) is 3.24 Å². The molecule has 0 atom stereocenters. The van der Waals surface area contributed by atoms with Crippen LogP contribution in [0.5, 0.6) is 0 Å². The molecule has 0 saturated carbocycles. The SMILES string of the molecule is CN(CCl)Cc1ccc(Cl)c(Cl)c1. The Balaban J connectivity index is 2.73. The lowest BCUT2D eigenvalue weighted by Crippen LogP contribution is -2.15. The number of nitrogens with zero attached hydrogens (tertiary/aromatic N) is 1. The van der Waals surface area contributed by atoms with Crippen molar-refractivity contribution < 1.29 is 0 Å². The van der Waals surface area contributed by atoms with Crippen LogP contribution in [0.3, 0.4) is 0 Å². The van der Waals surface area contributed by atoms with E-state index < -0.39 is 0 Å². The molecule has 0 aliphatic rings. The molecule has 0 aliphatic carbocycles. The van der Waals surface area contributed by atoms with Gasteiger partial charge in [-0.25, -0.2) is 0 Å². The highest BCUT2D eigenvalue weighted by Gasteiger charge is 2.01. The number of alkyl halides is 1. The lowest BCUT2D eigenvalue weighted by molar-refractivity contribution is 0.382. The molecule has 0 fully saturated rings. The summed E-state index contributed by atoms with van der Waals surface area (Å²) in [4.78, 5) is 1.97. The van der Waals surface area contributed by atoms with Crippen molar-refractivity contribution in [2.75, 3.05) is 13.1 Å². The molecule has 0 unspecified atom stereocenters. The molecule has 0 aliphatic heterocycles. The van der Waals surface area contributed by atoms with E-state index in [-0.39, 0.29) is 0 Å². The van der Waals surface area contributed by atoms with Gasteiger partial charge in [0.15, 0.2) is 0 Å². The van der Waals surface area contributed by atoms with E-state index in [1.54, 1.807) is 6.07 Å². The zero-order valence-electron chi connectivity index (χ0n) is 7.23. The fourth-order valence-corrected chi connectivity index (χ4v) is 1.40. The molecule has 1 nitrogen and oxygen atoms in total. The van der Waals surface area contributed by atoms with Crippen LogP contribution in [0.2, 0.25) is 10.0 Å². The average molecular weight is 239 g/mol. The summed E-state index contributed by atoms with van der Waals surface area (Å²) >= 11 is 17.3.